The van der Waals surface area contributed by atoms with Gasteiger partial charge in [0.25, 0.3) is 0 Å². The van der Waals surface area contributed by atoms with Gasteiger partial charge in [0.1, 0.15) is 18.0 Å². The molecule has 3 N–H and O–H groups in total. The fraction of sp³-hybridized carbons (Fsp3) is 0.538. The molecule has 1 fully saturated rings. The molecule has 0 atom stereocenters. The van der Waals surface area contributed by atoms with Gasteiger partial charge in [0.2, 0.25) is 0 Å². The fourth-order valence-electron chi connectivity index (χ4n) is 2.00. The Hall–Kier alpha value is -1.66. The van der Waals surface area contributed by atoms with Gasteiger partial charge in [-0.2, -0.15) is 0 Å². The van der Waals surface area contributed by atoms with Gasteiger partial charge in [0.05, 0.1) is 0 Å². The molecule has 1 aliphatic rings. The van der Waals surface area contributed by atoms with Crippen molar-refractivity contribution >= 4 is 11.6 Å². The second-order valence-electron chi connectivity index (χ2n) is 4.48. The molecule has 0 bridgehead atoms. The van der Waals surface area contributed by atoms with Crippen LogP contribution < -0.4 is 16.0 Å². The maximum Gasteiger partial charge on any atom is 0.131 e. The van der Waals surface area contributed by atoms with Crippen LogP contribution in [0.15, 0.2) is 25.0 Å². The molecule has 0 radical (unpaired) electrons. The SMILES string of the molecule is C=CCNc1cc(NCCN2CCNCC2)ncn1. The van der Waals surface area contributed by atoms with Crippen LogP contribution in [0.1, 0.15) is 0 Å². The summed E-state index contributed by atoms with van der Waals surface area (Å²) < 4.78 is 0. The van der Waals surface area contributed by atoms with E-state index in [-0.39, 0.29) is 0 Å². The molecule has 1 saturated heterocycles. The van der Waals surface area contributed by atoms with Gasteiger partial charge in [-0.1, -0.05) is 6.08 Å². The number of nitrogens with zero attached hydrogens (tertiary/aromatic N) is 3. The molecule has 2 heterocycles. The predicted molar refractivity (Wildman–Crippen MR) is 78.5 cm³/mol. The van der Waals surface area contributed by atoms with Gasteiger partial charge >= 0.3 is 0 Å². The van der Waals surface area contributed by atoms with Crippen LogP contribution in [0.2, 0.25) is 0 Å². The molecule has 0 aromatic carbocycles. The van der Waals surface area contributed by atoms with E-state index in [2.05, 4.69) is 37.4 Å². The van der Waals surface area contributed by atoms with Crippen LogP contribution in [0, 0.1) is 0 Å². The molecule has 0 spiro atoms. The van der Waals surface area contributed by atoms with Crippen LogP contribution in [0.25, 0.3) is 0 Å². The van der Waals surface area contributed by atoms with Crippen molar-refractivity contribution < 1.29 is 0 Å². The molecule has 0 saturated carbocycles. The number of hydrogen-bond acceptors (Lipinski definition) is 6. The van der Waals surface area contributed by atoms with E-state index in [9.17, 15) is 0 Å². The first kappa shape index (κ1) is 13.8. The van der Waals surface area contributed by atoms with Crippen molar-refractivity contribution in [3.8, 4) is 0 Å². The molecule has 0 amide bonds. The third-order valence-electron chi connectivity index (χ3n) is 3.04. The number of nitrogens with one attached hydrogen (secondary N) is 3. The van der Waals surface area contributed by atoms with Crippen LogP contribution in [0.5, 0.6) is 0 Å². The number of rotatable bonds is 7. The summed E-state index contributed by atoms with van der Waals surface area (Å²) in [6.45, 7) is 10.7. The summed E-state index contributed by atoms with van der Waals surface area (Å²) in [5, 5.41) is 9.83. The van der Waals surface area contributed by atoms with Crippen molar-refractivity contribution in [2.24, 2.45) is 0 Å². The summed E-state index contributed by atoms with van der Waals surface area (Å²) in [5.74, 6) is 1.68. The van der Waals surface area contributed by atoms with E-state index in [4.69, 9.17) is 0 Å². The summed E-state index contributed by atoms with van der Waals surface area (Å²) >= 11 is 0. The molecule has 104 valence electrons. The molecule has 1 aromatic heterocycles. The highest BCUT2D eigenvalue weighted by molar-refractivity contribution is 5.46. The van der Waals surface area contributed by atoms with Crippen LogP contribution >= 0.6 is 0 Å². The average molecular weight is 262 g/mol. The van der Waals surface area contributed by atoms with E-state index in [1.165, 1.54) is 0 Å². The Morgan fingerprint density at radius 1 is 1.26 bits per heavy atom. The first-order valence-corrected chi connectivity index (χ1v) is 6.72. The van der Waals surface area contributed by atoms with Gasteiger partial charge in [0.15, 0.2) is 0 Å². The molecule has 0 aliphatic carbocycles. The minimum absolute atomic E-state index is 0.706. The van der Waals surface area contributed by atoms with Crippen molar-refractivity contribution in [1.82, 2.24) is 20.2 Å². The zero-order chi connectivity index (χ0) is 13.3. The van der Waals surface area contributed by atoms with E-state index in [0.29, 0.717) is 6.54 Å². The van der Waals surface area contributed by atoms with Gasteiger partial charge in [-0.25, -0.2) is 9.97 Å². The second kappa shape index (κ2) is 7.70. The van der Waals surface area contributed by atoms with Crippen molar-refractivity contribution in [3.05, 3.63) is 25.0 Å². The van der Waals surface area contributed by atoms with Crippen LogP contribution in [-0.4, -0.2) is 60.7 Å². The molecular formula is C13H22N6. The van der Waals surface area contributed by atoms with Gasteiger partial charge < -0.3 is 16.0 Å². The zero-order valence-corrected chi connectivity index (χ0v) is 11.2. The summed E-state index contributed by atoms with van der Waals surface area (Å²) in [6, 6.07) is 1.92. The van der Waals surface area contributed by atoms with Crippen LogP contribution in [-0.2, 0) is 0 Å². The highest BCUT2D eigenvalue weighted by Crippen LogP contribution is 2.07. The van der Waals surface area contributed by atoms with E-state index in [1.807, 2.05) is 6.07 Å². The van der Waals surface area contributed by atoms with Crippen LogP contribution in [0.3, 0.4) is 0 Å². The number of hydrogen-bond donors (Lipinski definition) is 3. The summed E-state index contributed by atoms with van der Waals surface area (Å²) in [7, 11) is 0. The molecule has 1 aliphatic heterocycles. The number of piperazine rings is 1. The highest BCUT2D eigenvalue weighted by atomic mass is 15.2. The zero-order valence-electron chi connectivity index (χ0n) is 11.2. The monoisotopic (exact) mass is 262 g/mol. The Bertz CT molecular complexity index is 388. The van der Waals surface area contributed by atoms with E-state index in [0.717, 1.165) is 50.9 Å². The quantitative estimate of drug-likeness (QED) is 0.618. The van der Waals surface area contributed by atoms with E-state index < -0.39 is 0 Å². The first-order chi connectivity index (χ1) is 9.38. The smallest absolute Gasteiger partial charge is 0.131 e. The van der Waals surface area contributed by atoms with Crippen LogP contribution in [0.4, 0.5) is 11.6 Å². The standard InChI is InChI=1S/C13H22N6/c1-2-3-15-12-10-13(18-11-17-12)16-6-9-19-7-4-14-5-8-19/h2,10-11,14H,1,3-9H2,(H2,15,16,17,18). The lowest BCUT2D eigenvalue weighted by atomic mass is 10.3. The fourth-order valence-corrected chi connectivity index (χ4v) is 2.00. The number of anilines is 2. The normalized spacial score (nSPS) is 16.0. The minimum Gasteiger partial charge on any atom is -0.369 e. The van der Waals surface area contributed by atoms with Gasteiger partial charge in [0, 0.05) is 51.9 Å². The molecular weight excluding hydrogens is 240 g/mol. The van der Waals surface area contributed by atoms with Crippen molar-refractivity contribution in [1.29, 1.82) is 0 Å². The highest BCUT2D eigenvalue weighted by Gasteiger charge is 2.08. The predicted octanol–water partition coefficient (Wildman–Crippen LogP) is 0.392. The Morgan fingerprint density at radius 2 is 2.00 bits per heavy atom. The Balaban J connectivity index is 1.73. The average Bonchev–Trinajstić information content (AvgIpc) is 2.47. The summed E-state index contributed by atoms with van der Waals surface area (Å²) in [4.78, 5) is 10.8. The number of aromatic nitrogens is 2. The topological polar surface area (TPSA) is 65.1 Å². The Morgan fingerprint density at radius 3 is 2.74 bits per heavy atom. The molecule has 6 heteroatoms. The van der Waals surface area contributed by atoms with Crippen molar-refractivity contribution in [2.45, 2.75) is 0 Å². The van der Waals surface area contributed by atoms with Gasteiger partial charge in [-0.15, -0.1) is 6.58 Å². The van der Waals surface area contributed by atoms with E-state index in [1.54, 1.807) is 12.4 Å². The lowest BCUT2D eigenvalue weighted by Gasteiger charge is -2.27. The lowest BCUT2D eigenvalue weighted by molar-refractivity contribution is 0.249. The van der Waals surface area contributed by atoms with E-state index >= 15 is 0 Å². The summed E-state index contributed by atoms with van der Waals surface area (Å²) in [5.41, 5.74) is 0. The molecule has 2 rings (SSSR count). The summed E-state index contributed by atoms with van der Waals surface area (Å²) in [6.07, 6.45) is 3.37. The molecule has 1 aromatic rings. The van der Waals surface area contributed by atoms with Crippen molar-refractivity contribution in [2.75, 3.05) is 56.4 Å². The maximum atomic E-state index is 4.21. The first-order valence-electron chi connectivity index (χ1n) is 6.72. The van der Waals surface area contributed by atoms with Crippen molar-refractivity contribution in [3.63, 3.8) is 0 Å². The lowest BCUT2D eigenvalue weighted by Crippen LogP contribution is -2.45. The maximum absolute atomic E-state index is 4.21. The Kier molecular flexibility index (Phi) is 5.58. The van der Waals surface area contributed by atoms with Gasteiger partial charge in [-0.3, -0.25) is 4.90 Å². The van der Waals surface area contributed by atoms with Gasteiger partial charge in [-0.05, 0) is 0 Å². The molecule has 6 nitrogen and oxygen atoms in total. The second-order valence-corrected chi connectivity index (χ2v) is 4.48. The Labute approximate surface area is 114 Å². The minimum atomic E-state index is 0.706. The third-order valence-corrected chi connectivity index (χ3v) is 3.04. The third kappa shape index (κ3) is 4.84. The molecule has 19 heavy (non-hydrogen) atoms. The molecule has 0 unspecified atom stereocenters. The largest absolute Gasteiger partial charge is 0.369 e.